The maximum Gasteiger partial charge on any atom is 0.303 e. The minimum Gasteiger partial charge on any atom is -0.481 e. The molecule has 7 heteroatoms. The van der Waals surface area contributed by atoms with Gasteiger partial charge in [-0.15, -0.1) is 0 Å². The van der Waals surface area contributed by atoms with Crippen molar-refractivity contribution in [3.63, 3.8) is 0 Å². The maximum absolute atomic E-state index is 13.4. The summed E-state index contributed by atoms with van der Waals surface area (Å²) in [5, 5.41) is 8.46. The van der Waals surface area contributed by atoms with Crippen LogP contribution in [-0.4, -0.2) is 37.4 Å². The van der Waals surface area contributed by atoms with Crippen molar-refractivity contribution in [2.24, 2.45) is 0 Å². The van der Waals surface area contributed by atoms with Gasteiger partial charge in [0.05, 0.1) is 0 Å². The number of carboxylic acids is 1. The fourth-order valence-corrected chi connectivity index (χ4v) is 2.67. The van der Waals surface area contributed by atoms with E-state index in [2.05, 4.69) is 0 Å². The fraction of sp³-hybridized carbons (Fsp3) is 0.364. The number of sulfonamides is 1. The van der Waals surface area contributed by atoms with Crippen LogP contribution >= 0.6 is 0 Å². The molecule has 0 aliphatic rings. The Morgan fingerprint density at radius 2 is 2.00 bits per heavy atom. The lowest BCUT2D eigenvalue weighted by molar-refractivity contribution is -0.137. The first-order chi connectivity index (χ1) is 8.35. The van der Waals surface area contributed by atoms with Crippen LogP contribution in [0.25, 0.3) is 0 Å². The van der Waals surface area contributed by atoms with E-state index in [4.69, 9.17) is 5.11 Å². The minimum atomic E-state index is -3.90. The van der Waals surface area contributed by atoms with Gasteiger partial charge in [0.2, 0.25) is 10.0 Å². The Morgan fingerprint density at radius 1 is 1.39 bits per heavy atom. The van der Waals surface area contributed by atoms with E-state index in [9.17, 15) is 17.6 Å². The maximum atomic E-state index is 13.4. The van der Waals surface area contributed by atoms with E-state index in [-0.39, 0.29) is 19.4 Å². The van der Waals surface area contributed by atoms with Crippen LogP contribution in [0.1, 0.15) is 12.8 Å². The van der Waals surface area contributed by atoms with Crippen LogP contribution in [-0.2, 0) is 14.8 Å². The average Bonchev–Trinajstić information content (AvgIpc) is 2.28. The second-order valence-corrected chi connectivity index (χ2v) is 5.77. The number of nitrogens with zero attached hydrogens (tertiary/aromatic N) is 1. The summed E-state index contributed by atoms with van der Waals surface area (Å²) in [5.41, 5.74) is 0. The van der Waals surface area contributed by atoms with E-state index in [0.717, 1.165) is 10.4 Å². The number of rotatable bonds is 6. The van der Waals surface area contributed by atoms with Gasteiger partial charge in [0.15, 0.2) is 0 Å². The first kappa shape index (κ1) is 14.6. The number of aliphatic carboxylic acids is 1. The van der Waals surface area contributed by atoms with E-state index in [1.54, 1.807) is 0 Å². The van der Waals surface area contributed by atoms with Gasteiger partial charge in [-0.25, -0.2) is 17.1 Å². The molecule has 100 valence electrons. The van der Waals surface area contributed by atoms with Gasteiger partial charge in [0.1, 0.15) is 10.7 Å². The number of benzene rings is 1. The smallest absolute Gasteiger partial charge is 0.303 e. The molecule has 0 aromatic heterocycles. The molecule has 0 aliphatic carbocycles. The summed E-state index contributed by atoms with van der Waals surface area (Å²) in [5.74, 6) is -1.81. The Kier molecular flexibility index (Phi) is 4.80. The van der Waals surface area contributed by atoms with E-state index in [0.29, 0.717) is 0 Å². The molecule has 0 heterocycles. The SMILES string of the molecule is CN(CCCC(=O)O)S(=O)(=O)c1ccccc1F. The van der Waals surface area contributed by atoms with Crippen LogP contribution in [0.5, 0.6) is 0 Å². The highest BCUT2D eigenvalue weighted by Crippen LogP contribution is 2.17. The number of carboxylic acid groups (broad SMARTS) is 1. The molecule has 0 amide bonds. The van der Waals surface area contributed by atoms with Crippen molar-refractivity contribution in [3.05, 3.63) is 30.1 Å². The number of halogens is 1. The lowest BCUT2D eigenvalue weighted by atomic mass is 10.3. The molecular formula is C11H14FNO4S. The molecular weight excluding hydrogens is 261 g/mol. The van der Waals surface area contributed by atoms with Crippen LogP contribution in [0.15, 0.2) is 29.2 Å². The van der Waals surface area contributed by atoms with Gasteiger partial charge in [-0.3, -0.25) is 4.79 Å². The lowest BCUT2D eigenvalue weighted by Crippen LogP contribution is -2.29. The molecule has 1 aromatic rings. The highest BCUT2D eigenvalue weighted by atomic mass is 32.2. The monoisotopic (exact) mass is 275 g/mol. The highest BCUT2D eigenvalue weighted by molar-refractivity contribution is 7.89. The molecule has 1 N–H and O–H groups in total. The predicted molar refractivity (Wildman–Crippen MR) is 63.1 cm³/mol. The third-order valence-electron chi connectivity index (χ3n) is 2.39. The standard InChI is InChI=1S/C11H14FNO4S/c1-13(8-4-7-11(14)15)18(16,17)10-6-3-2-5-9(10)12/h2-3,5-6H,4,7-8H2,1H3,(H,14,15). The third kappa shape index (κ3) is 3.51. The van der Waals surface area contributed by atoms with Crippen molar-refractivity contribution >= 4 is 16.0 Å². The molecule has 0 fully saturated rings. The Labute approximate surface area is 105 Å². The normalized spacial score (nSPS) is 11.7. The molecule has 1 aromatic carbocycles. The van der Waals surface area contributed by atoms with Crippen molar-refractivity contribution in [1.82, 2.24) is 4.31 Å². The number of hydrogen-bond acceptors (Lipinski definition) is 3. The first-order valence-electron chi connectivity index (χ1n) is 5.28. The van der Waals surface area contributed by atoms with Gasteiger partial charge in [0.25, 0.3) is 0 Å². The molecule has 0 atom stereocenters. The van der Waals surface area contributed by atoms with Gasteiger partial charge in [-0.2, -0.15) is 0 Å². The Bertz CT molecular complexity index is 530. The summed E-state index contributed by atoms with van der Waals surface area (Å²) >= 11 is 0. The predicted octanol–water partition coefficient (Wildman–Crippen LogP) is 1.31. The van der Waals surface area contributed by atoms with Crippen LogP contribution in [0, 0.1) is 5.82 Å². The summed E-state index contributed by atoms with van der Waals surface area (Å²) in [6.45, 7) is 0.0307. The zero-order valence-electron chi connectivity index (χ0n) is 9.84. The molecule has 0 radical (unpaired) electrons. The van der Waals surface area contributed by atoms with E-state index >= 15 is 0 Å². The van der Waals surface area contributed by atoms with Crippen LogP contribution in [0.2, 0.25) is 0 Å². The molecule has 0 saturated carbocycles. The summed E-state index contributed by atoms with van der Waals surface area (Å²) in [6, 6.07) is 5.08. The van der Waals surface area contributed by atoms with Crippen molar-refractivity contribution in [2.45, 2.75) is 17.7 Å². The largest absolute Gasteiger partial charge is 0.481 e. The van der Waals surface area contributed by atoms with Gasteiger partial charge >= 0.3 is 5.97 Å². The van der Waals surface area contributed by atoms with Crippen LogP contribution in [0.4, 0.5) is 4.39 Å². The summed E-state index contributed by atoms with van der Waals surface area (Å²) in [7, 11) is -2.61. The van der Waals surface area contributed by atoms with Crippen molar-refractivity contribution in [2.75, 3.05) is 13.6 Å². The zero-order chi connectivity index (χ0) is 13.8. The van der Waals surface area contributed by atoms with E-state index in [1.165, 1.54) is 25.2 Å². The molecule has 0 saturated heterocycles. The minimum absolute atomic E-state index is 0.0307. The lowest BCUT2D eigenvalue weighted by Gasteiger charge is -2.16. The van der Waals surface area contributed by atoms with Crippen LogP contribution < -0.4 is 0 Å². The number of carbonyl (C=O) groups is 1. The summed E-state index contributed by atoms with van der Waals surface area (Å²) in [4.78, 5) is 9.93. The Balaban J connectivity index is 2.81. The van der Waals surface area contributed by atoms with E-state index < -0.39 is 26.7 Å². The molecule has 18 heavy (non-hydrogen) atoms. The molecule has 0 bridgehead atoms. The fourth-order valence-electron chi connectivity index (χ4n) is 1.39. The molecule has 5 nitrogen and oxygen atoms in total. The summed E-state index contributed by atoms with van der Waals surface area (Å²) < 4.78 is 38.3. The quantitative estimate of drug-likeness (QED) is 0.849. The van der Waals surface area contributed by atoms with Gasteiger partial charge in [-0.05, 0) is 18.6 Å². The van der Waals surface area contributed by atoms with Crippen molar-refractivity contribution in [1.29, 1.82) is 0 Å². The Morgan fingerprint density at radius 3 is 2.56 bits per heavy atom. The molecule has 0 spiro atoms. The van der Waals surface area contributed by atoms with Gasteiger partial charge in [0, 0.05) is 20.0 Å². The number of hydrogen-bond donors (Lipinski definition) is 1. The molecule has 0 aliphatic heterocycles. The topological polar surface area (TPSA) is 74.7 Å². The second-order valence-electron chi connectivity index (χ2n) is 3.75. The average molecular weight is 275 g/mol. The molecule has 1 rings (SSSR count). The van der Waals surface area contributed by atoms with E-state index in [1.807, 2.05) is 0 Å². The molecule has 0 unspecified atom stereocenters. The van der Waals surface area contributed by atoms with Crippen molar-refractivity contribution < 1.29 is 22.7 Å². The first-order valence-corrected chi connectivity index (χ1v) is 6.72. The zero-order valence-corrected chi connectivity index (χ0v) is 10.7. The van der Waals surface area contributed by atoms with Crippen LogP contribution in [0.3, 0.4) is 0 Å². The Hall–Kier alpha value is -1.47. The van der Waals surface area contributed by atoms with Gasteiger partial charge < -0.3 is 5.11 Å². The van der Waals surface area contributed by atoms with Crippen molar-refractivity contribution in [3.8, 4) is 0 Å². The third-order valence-corrected chi connectivity index (χ3v) is 4.28. The highest BCUT2D eigenvalue weighted by Gasteiger charge is 2.23. The van der Waals surface area contributed by atoms with Gasteiger partial charge in [-0.1, -0.05) is 12.1 Å². The second kappa shape index (κ2) is 5.92. The summed E-state index contributed by atoms with van der Waals surface area (Å²) in [6.07, 6.45) is 0.0522.